The smallest absolute Gasteiger partial charge is 0.302 e. The summed E-state index contributed by atoms with van der Waals surface area (Å²) in [5.74, 6) is -0.553. The monoisotopic (exact) mass is 569 g/mol. The van der Waals surface area contributed by atoms with Gasteiger partial charge in [0.05, 0.1) is 0 Å². The molecule has 5 rings (SSSR count). The summed E-state index contributed by atoms with van der Waals surface area (Å²) in [6.45, 7) is 4.41. The van der Waals surface area contributed by atoms with Crippen LogP contribution >= 0.6 is 0 Å². The molecule has 0 atom stereocenters. The van der Waals surface area contributed by atoms with Crippen molar-refractivity contribution >= 4 is 21.6 Å². The number of aromatic nitrogens is 2. The van der Waals surface area contributed by atoms with Crippen LogP contribution in [0.4, 0.5) is 8.78 Å². The highest BCUT2D eigenvalue weighted by molar-refractivity contribution is 7.79. The average molecular weight is 570 g/mol. The number of halogens is 2. The second-order valence-corrected chi connectivity index (χ2v) is 10.3. The van der Waals surface area contributed by atoms with Gasteiger partial charge in [-0.05, 0) is 79.3 Å². The molecule has 210 valence electrons. The van der Waals surface area contributed by atoms with Crippen LogP contribution in [0.2, 0.25) is 0 Å². The normalized spacial score (nSPS) is 14.1. The summed E-state index contributed by atoms with van der Waals surface area (Å²) in [4.78, 5) is 19.9. The van der Waals surface area contributed by atoms with Gasteiger partial charge in [-0.3, -0.25) is 18.3 Å². The molecular formula is C29H29F2N3O5S. The van der Waals surface area contributed by atoms with Crippen LogP contribution in [0.15, 0.2) is 83.3 Å². The molecule has 0 radical (unpaired) electrons. The van der Waals surface area contributed by atoms with Crippen LogP contribution < -0.4 is 5.56 Å². The van der Waals surface area contributed by atoms with Crippen molar-refractivity contribution in [3.05, 3.63) is 123 Å². The summed E-state index contributed by atoms with van der Waals surface area (Å²) >= 11 is 0. The van der Waals surface area contributed by atoms with Crippen molar-refractivity contribution in [1.82, 2.24) is 14.3 Å². The van der Waals surface area contributed by atoms with Gasteiger partial charge >= 0.3 is 10.4 Å². The molecule has 2 aromatic heterocycles. The summed E-state index contributed by atoms with van der Waals surface area (Å²) in [5.41, 5.74) is 6.42. The SMILES string of the molecule is Cc1nc2ccccn2c(=O)c1CCN1CCC(=C(c2ccc(F)cc2)c2ccc(F)cc2)CC1.O=S(=O)(O)O. The second kappa shape index (κ2) is 12.6. The number of pyridine rings is 1. The van der Waals surface area contributed by atoms with Gasteiger partial charge in [0.25, 0.3) is 5.56 Å². The highest BCUT2D eigenvalue weighted by Gasteiger charge is 2.20. The molecule has 11 heteroatoms. The zero-order valence-electron chi connectivity index (χ0n) is 21.8. The summed E-state index contributed by atoms with van der Waals surface area (Å²) in [6.07, 6.45) is 4.13. The molecule has 2 N–H and O–H groups in total. The Balaban J connectivity index is 0.000000681. The molecule has 1 aliphatic rings. The van der Waals surface area contributed by atoms with Crippen LogP contribution in [-0.4, -0.2) is 51.4 Å². The highest BCUT2D eigenvalue weighted by Crippen LogP contribution is 2.32. The minimum Gasteiger partial charge on any atom is -0.302 e. The molecule has 1 saturated heterocycles. The van der Waals surface area contributed by atoms with Crippen LogP contribution in [0.5, 0.6) is 0 Å². The Kier molecular flexibility index (Phi) is 9.21. The molecule has 0 unspecified atom stereocenters. The number of likely N-dealkylation sites (tertiary alicyclic amines) is 1. The quantitative estimate of drug-likeness (QED) is 0.333. The van der Waals surface area contributed by atoms with E-state index in [1.807, 2.05) is 25.1 Å². The molecule has 3 heterocycles. The van der Waals surface area contributed by atoms with Gasteiger partial charge in [-0.1, -0.05) is 35.9 Å². The number of fused-ring (bicyclic) bond motifs is 1. The first-order chi connectivity index (χ1) is 19.0. The predicted molar refractivity (Wildman–Crippen MR) is 149 cm³/mol. The molecule has 0 amide bonds. The Hall–Kier alpha value is -3.77. The van der Waals surface area contributed by atoms with E-state index in [9.17, 15) is 13.6 Å². The van der Waals surface area contributed by atoms with Gasteiger partial charge in [0, 0.05) is 37.1 Å². The first-order valence-electron chi connectivity index (χ1n) is 12.6. The lowest BCUT2D eigenvalue weighted by atomic mass is 9.88. The van der Waals surface area contributed by atoms with Crippen molar-refractivity contribution in [2.24, 2.45) is 0 Å². The summed E-state index contributed by atoms with van der Waals surface area (Å²) in [5, 5.41) is 0. The lowest BCUT2D eigenvalue weighted by Gasteiger charge is -2.30. The Labute approximate surface area is 230 Å². The molecule has 0 bridgehead atoms. The van der Waals surface area contributed by atoms with Gasteiger partial charge < -0.3 is 4.90 Å². The van der Waals surface area contributed by atoms with E-state index < -0.39 is 10.4 Å². The number of benzene rings is 2. The van der Waals surface area contributed by atoms with Crippen molar-refractivity contribution in [3.63, 3.8) is 0 Å². The van der Waals surface area contributed by atoms with Gasteiger partial charge in [-0.15, -0.1) is 0 Å². The van der Waals surface area contributed by atoms with Crippen LogP contribution in [0.25, 0.3) is 11.2 Å². The number of nitrogens with zero attached hydrogens (tertiary/aromatic N) is 3. The standard InChI is InChI=1S/C29H27F2N3O.H2O4S/c1-20-26(29(35)34-16-3-2-4-27(34)32-20)15-19-33-17-13-23(14-18-33)28(21-5-9-24(30)10-6-21)22-7-11-25(31)12-8-22;1-5(2,3)4/h2-12,16H,13-15,17-19H2,1H3;(H2,1,2,3,4). The first-order valence-corrected chi connectivity index (χ1v) is 14.0. The van der Waals surface area contributed by atoms with Crippen molar-refractivity contribution in [2.45, 2.75) is 26.2 Å². The van der Waals surface area contributed by atoms with Gasteiger partial charge in [-0.25, -0.2) is 13.8 Å². The van der Waals surface area contributed by atoms with Crippen molar-refractivity contribution in [1.29, 1.82) is 0 Å². The molecule has 1 aliphatic heterocycles. The topological polar surface area (TPSA) is 112 Å². The fourth-order valence-electron chi connectivity index (χ4n) is 4.90. The maximum Gasteiger partial charge on any atom is 0.394 e. The van der Waals surface area contributed by atoms with Crippen molar-refractivity contribution in [2.75, 3.05) is 19.6 Å². The van der Waals surface area contributed by atoms with E-state index in [4.69, 9.17) is 17.5 Å². The van der Waals surface area contributed by atoms with Crippen LogP contribution in [0.1, 0.15) is 35.2 Å². The van der Waals surface area contributed by atoms with Gasteiger partial charge in [0.1, 0.15) is 17.3 Å². The van der Waals surface area contributed by atoms with Crippen molar-refractivity contribution < 1.29 is 26.3 Å². The maximum atomic E-state index is 13.6. The number of hydrogen-bond donors (Lipinski definition) is 2. The Morgan fingerprint density at radius 1 is 0.900 bits per heavy atom. The molecule has 4 aromatic rings. The summed E-state index contributed by atoms with van der Waals surface area (Å²) in [7, 11) is -4.67. The Bertz CT molecular complexity index is 1620. The molecule has 2 aromatic carbocycles. The molecule has 8 nitrogen and oxygen atoms in total. The second-order valence-electron chi connectivity index (χ2n) is 9.44. The van der Waals surface area contributed by atoms with E-state index in [1.54, 1.807) is 34.9 Å². The molecule has 0 aliphatic carbocycles. The van der Waals surface area contributed by atoms with E-state index in [1.165, 1.54) is 29.8 Å². The van der Waals surface area contributed by atoms with Gasteiger partial charge in [-0.2, -0.15) is 8.42 Å². The number of rotatable bonds is 5. The largest absolute Gasteiger partial charge is 0.394 e. The molecule has 40 heavy (non-hydrogen) atoms. The first kappa shape index (κ1) is 29.2. The van der Waals surface area contributed by atoms with E-state index in [0.717, 1.165) is 60.4 Å². The molecular weight excluding hydrogens is 540 g/mol. The molecule has 0 spiro atoms. The van der Waals surface area contributed by atoms with Crippen LogP contribution in [-0.2, 0) is 16.8 Å². The third-order valence-electron chi connectivity index (χ3n) is 6.79. The predicted octanol–water partition coefficient (Wildman–Crippen LogP) is 4.77. The number of piperidine rings is 1. The average Bonchev–Trinajstić information content (AvgIpc) is 2.91. The van der Waals surface area contributed by atoms with Crippen molar-refractivity contribution in [3.8, 4) is 0 Å². The summed E-state index contributed by atoms with van der Waals surface area (Å²) in [6, 6.07) is 18.6. The maximum absolute atomic E-state index is 13.6. The number of aryl methyl sites for hydroxylation is 1. The van der Waals surface area contributed by atoms with Gasteiger partial charge in [0.15, 0.2) is 0 Å². The zero-order chi connectivity index (χ0) is 28.9. The number of hydrogen-bond acceptors (Lipinski definition) is 5. The van der Waals surface area contributed by atoms with E-state index in [-0.39, 0.29) is 17.2 Å². The van der Waals surface area contributed by atoms with E-state index in [0.29, 0.717) is 12.1 Å². The Morgan fingerprint density at radius 2 is 1.43 bits per heavy atom. The fourth-order valence-corrected chi connectivity index (χ4v) is 4.90. The Morgan fingerprint density at radius 3 is 1.95 bits per heavy atom. The third-order valence-corrected chi connectivity index (χ3v) is 6.79. The zero-order valence-corrected chi connectivity index (χ0v) is 22.6. The van der Waals surface area contributed by atoms with E-state index >= 15 is 0 Å². The fraction of sp³-hybridized carbons (Fsp3) is 0.241. The van der Waals surface area contributed by atoms with E-state index in [2.05, 4.69) is 9.88 Å². The molecule has 0 saturated carbocycles. The lowest BCUT2D eigenvalue weighted by molar-refractivity contribution is 0.259. The highest BCUT2D eigenvalue weighted by atomic mass is 32.3. The third kappa shape index (κ3) is 7.66. The minimum atomic E-state index is -4.67. The molecule has 1 fully saturated rings. The lowest BCUT2D eigenvalue weighted by Crippen LogP contribution is -2.34. The van der Waals surface area contributed by atoms with Crippen LogP contribution in [0.3, 0.4) is 0 Å². The van der Waals surface area contributed by atoms with Crippen LogP contribution in [0, 0.1) is 18.6 Å². The minimum absolute atomic E-state index is 0.000556. The van der Waals surface area contributed by atoms with Gasteiger partial charge in [0.2, 0.25) is 0 Å². The summed E-state index contributed by atoms with van der Waals surface area (Å²) < 4.78 is 60.3.